The summed E-state index contributed by atoms with van der Waals surface area (Å²) >= 11 is 0. The lowest BCUT2D eigenvalue weighted by molar-refractivity contribution is -0.145. The normalized spacial score (nSPS) is 24.8. The first-order valence-corrected chi connectivity index (χ1v) is 6.30. The molecule has 2 atom stereocenters. The number of β-amino-alcohol motifs (C(OH)–C–C–N with tert-alkyl or cyclic N) is 1. The Kier molecular flexibility index (Phi) is 6.22. The molecule has 2 unspecified atom stereocenters. The van der Waals surface area contributed by atoms with Crippen LogP contribution >= 0.6 is 0 Å². The van der Waals surface area contributed by atoms with Gasteiger partial charge in [-0.25, -0.2) is 0 Å². The van der Waals surface area contributed by atoms with Gasteiger partial charge in [-0.1, -0.05) is 12.5 Å². The second-order valence-electron chi connectivity index (χ2n) is 4.56. The number of methoxy groups -OCH3 is 1. The molecule has 1 rings (SSSR count). The molecule has 1 heterocycles. The molecule has 4 heteroatoms. The highest BCUT2D eigenvalue weighted by atomic mass is 16.5. The standard InChI is InChI=1S/C13H23NO3/c1-3-4-5-6-7-8-14-10-11(15)9-12(14)13(16)17-2/h3,11-12,15H,1,4-10H2,2H3. The summed E-state index contributed by atoms with van der Waals surface area (Å²) in [5, 5.41) is 9.59. The fraction of sp³-hybridized carbons (Fsp3) is 0.769. The molecule has 0 aromatic heterocycles. The zero-order valence-corrected chi connectivity index (χ0v) is 10.6. The Morgan fingerprint density at radius 2 is 2.29 bits per heavy atom. The largest absolute Gasteiger partial charge is 0.468 e. The molecule has 0 aromatic rings. The summed E-state index contributed by atoms with van der Waals surface area (Å²) < 4.78 is 4.75. The van der Waals surface area contributed by atoms with E-state index in [4.69, 9.17) is 4.74 Å². The van der Waals surface area contributed by atoms with E-state index >= 15 is 0 Å². The van der Waals surface area contributed by atoms with Crippen molar-refractivity contribution in [3.8, 4) is 0 Å². The number of aliphatic hydroxyl groups excluding tert-OH is 1. The van der Waals surface area contributed by atoms with E-state index < -0.39 is 6.10 Å². The summed E-state index contributed by atoms with van der Waals surface area (Å²) in [6, 6.07) is -0.255. The van der Waals surface area contributed by atoms with Crippen LogP contribution in [0, 0.1) is 0 Å². The molecule has 0 bridgehead atoms. The van der Waals surface area contributed by atoms with Crippen LogP contribution < -0.4 is 0 Å². The maximum Gasteiger partial charge on any atom is 0.323 e. The van der Waals surface area contributed by atoms with Gasteiger partial charge in [0.1, 0.15) is 6.04 Å². The van der Waals surface area contributed by atoms with Crippen LogP contribution in [0.1, 0.15) is 32.1 Å². The zero-order chi connectivity index (χ0) is 12.7. The molecule has 98 valence electrons. The van der Waals surface area contributed by atoms with Gasteiger partial charge in [-0.2, -0.15) is 0 Å². The van der Waals surface area contributed by atoms with Crippen molar-refractivity contribution < 1.29 is 14.6 Å². The van der Waals surface area contributed by atoms with Gasteiger partial charge in [-0.3, -0.25) is 9.69 Å². The highest BCUT2D eigenvalue weighted by Crippen LogP contribution is 2.19. The Labute approximate surface area is 103 Å². The molecule has 1 saturated heterocycles. The monoisotopic (exact) mass is 241 g/mol. The molecule has 1 fully saturated rings. The predicted molar refractivity (Wildman–Crippen MR) is 66.7 cm³/mol. The number of nitrogens with zero attached hydrogens (tertiary/aromatic N) is 1. The van der Waals surface area contributed by atoms with E-state index in [1.54, 1.807) is 0 Å². The molecular formula is C13H23NO3. The molecule has 4 nitrogen and oxygen atoms in total. The van der Waals surface area contributed by atoms with Crippen molar-refractivity contribution in [1.82, 2.24) is 4.90 Å². The summed E-state index contributed by atoms with van der Waals surface area (Å²) in [5.41, 5.74) is 0. The third kappa shape index (κ3) is 4.48. The second-order valence-corrected chi connectivity index (χ2v) is 4.56. The smallest absolute Gasteiger partial charge is 0.323 e. The number of likely N-dealkylation sites (tertiary alicyclic amines) is 1. The van der Waals surface area contributed by atoms with Gasteiger partial charge in [0.15, 0.2) is 0 Å². The minimum atomic E-state index is -0.396. The van der Waals surface area contributed by atoms with Gasteiger partial charge in [0.2, 0.25) is 0 Å². The fourth-order valence-electron chi connectivity index (χ4n) is 2.29. The maximum absolute atomic E-state index is 11.5. The number of esters is 1. The van der Waals surface area contributed by atoms with Crippen LogP contribution in [0.4, 0.5) is 0 Å². The summed E-state index contributed by atoms with van der Waals surface area (Å²) in [6.07, 6.45) is 6.40. The highest BCUT2D eigenvalue weighted by molar-refractivity contribution is 5.76. The van der Waals surface area contributed by atoms with Crippen LogP contribution in [0.15, 0.2) is 12.7 Å². The third-order valence-corrected chi connectivity index (χ3v) is 3.21. The van der Waals surface area contributed by atoms with Crippen LogP contribution in [-0.2, 0) is 9.53 Å². The van der Waals surface area contributed by atoms with Crippen LogP contribution in [0.3, 0.4) is 0 Å². The molecule has 0 spiro atoms. The van der Waals surface area contributed by atoms with Crippen molar-refractivity contribution in [1.29, 1.82) is 0 Å². The van der Waals surface area contributed by atoms with Gasteiger partial charge >= 0.3 is 5.97 Å². The number of hydrogen-bond acceptors (Lipinski definition) is 4. The lowest BCUT2D eigenvalue weighted by atomic mass is 10.1. The van der Waals surface area contributed by atoms with Crippen molar-refractivity contribution >= 4 is 5.97 Å². The number of hydrogen-bond donors (Lipinski definition) is 1. The fourth-order valence-corrected chi connectivity index (χ4v) is 2.29. The number of rotatable bonds is 7. The van der Waals surface area contributed by atoms with Gasteiger partial charge in [-0.15, -0.1) is 6.58 Å². The SMILES string of the molecule is C=CCCCCCN1CC(O)CC1C(=O)OC. The van der Waals surface area contributed by atoms with Gasteiger partial charge in [0, 0.05) is 13.0 Å². The van der Waals surface area contributed by atoms with Crippen molar-refractivity contribution in [2.75, 3.05) is 20.2 Å². The zero-order valence-electron chi connectivity index (χ0n) is 10.6. The molecule has 0 amide bonds. The van der Waals surface area contributed by atoms with Crippen molar-refractivity contribution in [2.45, 2.75) is 44.2 Å². The van der Waals surface area contributed by atoms with Crippen LogP contribution in [-0.4, -0.2) is 48.3 Å². The van der Waals surface area contributed by atoms with E-state index in [0.717, 1.165) is 32.2 Å². The number of aliphatic hydroxyl groups is 1. The number of carbonyl (C=O) groups excluding carboxylic acids is 1. The Bertz CT molecular complexity index is 255. The Morgan fingerprint density at radius 3 is 2.94 bits per heavy atom. The van der Waals surface area contributed by atoms with E-state index in [2.05, 4.69) is 6.58 Å². The van der Waals surface area contributed by atoms with Crippen molar-refractivity contribution in [2.24, 2.45) is 0 Å². The number of carbonyl (C=O) groups is 1. The minimum Gasteiger partial charge on any atom is -0.468 e. The Balaban J connectivity index is 2.29. The molecule has 0 aromatic carbocycles. The average Bonchev–Trinajstić information content (AvgIpc) is 2.69. The summed E-state index contributed by atoms with van der Waals surface area (Å²) in [6.45, 7) is 5.13. The first-order valence-electron chi connectivity index (χ1n) is 6.30. The van der Waals surface area contributed by atoms with E-state index in [-0.39, 0.29) is 12.0 Å². The van der Waals surface area contributed by atoms with Crippen LogP contribution in [0.5, 0.6) is 0 Å². The summed E-state index contributed by atoms with van der Waals surface area (Å²) in [5.74, 6) is -0.229. The van der Waals surface area contributed by atoms with E-state index in [0.29, 0.717) is 13.0 Å². The first-order chi connectivity index (χ1) is 8.19. The van der Waals surface area contributed by atoms with E-state index in [1.165, 1.54) is 7.11 Å². The molecule has 0 saturated carbocycles. The molecule has 1 aliphatic rings. The molecule has 1 aliphatic heterocycles. The Hall–Kier alpha value is -0.870. The van der Waals surface area contributed by atoms with E-state index in [1.807, 2.05) is 11.0 Å². The number of unbranched alkanes of at least 4 members (excludes halogenated alkanes) is 3. The molecular weight excluding hydrogens is 218 g/mol. The lowest BCUT2D eigenvalue weighted by Crippen LogP contribution is -2.37. The van der Waals surface area contributed by atoms with Crippen LogP contribution in [0.2, 0.25) is 0 Å². The molecule has 0 radical (unpaired) electrons. The third-order valence-electron chi connectivity index (χ3n) is 3.21. The topological polar surface area (TPSA) is 49.8 Å². The molecule has 17 heavy (non-hydrogen) atoms. The highest BCUT2D eigenvalue weighted by Gasteiger charge is 2.35. The first kappa shape index (κ1) is 14.2. The number of allylic oxidation sites excluding steroid dienone is 1. The van der Waals surface area contributed by atoms with Gasteiger partial charge in [-0.05, 0) is 25.8 Å². The lowest BCUT2D eigenvalue weighted by Gasteiger charge is -2.21. The van der Waals surface area contributed by atoms with Gasteiger partial charge in [0.05, 0.1) is 13.2 Å². The molecule has 0 aliphatic carbocycles. The Morgan fingerprint density at radius 1 is 1.53 bits per heavy atom. The molecule has 1 N–H and O–H groups in total. The van der Waals surface area contributed by atoms with Crippen LogP contribution in [0.25, 0.3) is 0 Å². The van der Waals surface area contributed by atoms with Gasteiger partial charge < -0.3 is 9.84 Å². The van der Waals surface area contributed by atoms with Gasteiger partial charge in [0.25, 0.3) is 0 Å². The maximum atomic E-state index is 11.5. The average molecular weight is 241 g/mol. The summed E-state index contributed by atoms with van der Waals surface area (Å²) in [4.78, 5) is 13.5. The second kappa shape index (κ2) is 7.45. The minimum absolute atomic E-state index is 0.229. The van der Waals surface area contributed by atoms with E-state index in [9.17, 15) is 9.90 Å². The van der Waals surface area contributed by atoms with Crippen molar-refractivity contribution in [3.63, 3.8) is 0 Å². The quantitative estimate of drug-likeness (QED) is 0.415. The number of ether oxygens (including phenoxy) is 1. The summed E-state index contributed by atoms with van der Waals surface area (Å²) in [7, 11) is 1.40. The predicted octanol–water partition coefficient (Wildman–Crippen LogP) is 1.34. The van der Waals surface area contributed by atoms with Crippen molar-refractivity contribution in [3.05, 3.63) is 12.7 Å².